The van der Waals surface area contributed by atoms with E-state index in [4.69, 9.17) is 16.9 Å². The Labute approximate surface area is 101 Å². The molecule has 1 aliphatic rings. The minimum atomic E-state index is 0.630. The summed E-state index contributed by atoms with van der Waals surface area (Å²) in [6.07, 6.45) is 2.49. The van der Waals surface area contributed by atoms with Gasteiger partial charge < -0.3 is 4.90 Å². The molecule has 2 nitrogen and oxygen atoms in total. The van der Waals surface area contributed by atoms with Crippen molar-refractivity contribution in [2.75, 3.05) is 18.0 Å². The van der Waals surface area contributed by atoms with Crippen LogP contribution in [0.4, 0.5) is 5.69 Å². The fraction of sp³-hybridized carbons (Fsp3) is 0.462. The number of nitriles is 1. The van der Waals surface area contributed by atoms with Crippen LogP contribution in [0.25, 0.3) is 0 Å². The lowest BCUT2D eigenvalue weighted by Crippen LogP contribution is -2.34. The van der Waals surface area contributed by atoms with Crippen molar-refractivity contribution in [3.8, 4) is 6.07 Å². The standard InChI is InChI=1S/C13H15ClN2/c1-10-3-2-6-16(9-10)13-5-4-12(14)7-11(13)8-15/h4-5,7,10H,2-3,6,9H2,1H3. The molecule has 0 radical (unpaired) electrons. The van der Waals surface area contributed by atoms with Gasteiger partial charge in [0.05, 0.1) is 11.3 Å². The third-order valence-corrected chi connectivity index (χ3v) is 3.31. The van der Waals surface area contributed by atoms with Crippen LogP contribution in [0.5, 0.6) is 0 Å². The minimum Gasteiger partial charge on any atom is -0.370 e. The summed E-state index contributed by atoms with van der Waals surface area (Å²) in [5.41, 5.74) is 1.71. The van der Waals surface area contributed by atoms with E-state index < -0.39 is 0 Å². The highest BCUT2D eigenvalue weighted by atomic mass is 35.5. The Morgan fingerprint density at radius 1 is 1.50 bits per heavy atom. The molecular formula is C13H15ClN2. The zero-order valence-corrected chi connectivity index (χ0v) is 10.2. The van der Waals surface area contributed by atoms with Gasteiger partial charge in [-0.2, -0.15) is 5.26 Å². The third-order valence-electron chi connectivity index (χ3n) is 3.08. The second-order valence-corrected chi connectivity index (χ2v) is 4.90. The van der Waals surface area contributed by atoms with Crippen molar-refractivity contribution in [1.29, 1.82) is 5.26 Å². The molecule has 0 saturated carbocycles. The van der Waals surface area contributed by atoms with E-state index in [0.29, 0.717) is 16.5 Å². The summed E-state index contributed by atoms with van der Waals surface area (Å²) in [5.74, 6) is 0.705. The summed E-state index contributed by atoms with van der Waals surface area (Å²) < 4.78 is 0. The molecule has 1 aromatic rings. The maximum absolute atomic E-state index is 9.10. The van der Waals surface area contributed by atoms with Gasteiger partial charge in [0.25, 0.3) is 0 Å². The van der Waals surface area contributed by atoms with Crippen LogP contribution in [-0.4, -0.2) is 13.1 Å². The molecule has 2 rings (SSSR count). The second-order valence-electron chi connectivity index (χ2n) is 4.47. The first-order chi connectivity index (χ1) is 7.70. The summed E-state index contributed by atoms with van der Waals surface area (Å²) in [5, 5.41) is 9.73. The van der Waals surface area contributed by atoms with Crippen molar-refractivity contribution in [2.45, 2.75) is 19.8 Å². The Morgan fingerprint density at radius 3 is 3.00 bits per heavy atom. The number of piperidine rings is 1. The molecule has 0 spiro atoms. The van der Waals surface area contributed by atoms with Gasteiger partial charge in [0.15, 0.2) is 0 Å². The summed E-state index contributed by atoms with van der Waals surface area (Å²) in [4.78, 5) is 2.29. The van der Waals surface area contributed by atoms with E-state index in [1.165, 1.54) is 12.8 Å². The zero-order valence-electron chi connectivity index (χ0n) is 9.41. The van der Waals surface area contributed by atoms with Crippen molar-refractivity contribution in [3.05, 3.63) is 28.8 Å². The highest BCUT2D eigenvalue weighted by molar-refractivity contribution is 6.30. The van der Waals surface area contributed by atoms with Crippen LogP contribution in [0.3, 0.4) is 0 Å². The predicted molar refractivity (Wildman–Crippen MR) is 66.8 cm³/mol. The Hall–Kier alpha value is -1.20. The lowest BCUT2D eigenvalue weighted by atomic mass is 9.99. The van der Waals surface area contributed by atoms with E-state index in [0.717, 1.165) is 18.8 Å². The lowest BCUT2D eigenvalue weighted by Gasteiger charge is -2.33. The molecule has 1 atom stereocenters. The van der Waals surface area contributed by atoms with Crippen molar-refractivity contribution in [1.82, 2.24) is 0 Å². The molecule has 1 unspecified atom stereocenters. The largest absolute Gasteiger partial charge is 0.370 e. The number of hydrogen-bond acceptors (Lipinski definition) is 2. The third kappa shape index (κ3) is 2.31. The van der Waals surface area contributed by atoms with Crippen LogP contribution in [0.1, 0.15) is 25.3 Å². The molecule has 1 heterocycles. The van der Waals surface area contributed by atoms with E-state index in [1.54, 1.807) is 6.07 Å². The number of rotatable bonds is 1. The quantitative estimate of drug-likeness (QED) is 0.744. The molecule has 1 aliphatic heterocycles. The molecule has 1 aromatic carbocycles. The second kappa shape index (κ2) is 4.76. The average molecular weight is 235 g/mol. The molecule has 1 fully saturated rings. The first-order valence-corrected chi connectivity index (χ1v) is 6.03. The highest BCUT2D eigenvalue weighted by Gasteiger charge is 2.18. The van der Waals surface area contributed by atoms with Crippen molar-refractivity contribution in [2.24, 2.45) is 5.92 Å². The number of benzene rings is 1. The number of halogens is 1. The molecule has 0 amide bonds. The Bertz CT molecular complexity index is 422. The van der Waals surface area contributed by atoms with Gasteiger partial charge in [-0.05, 0) is 37.0 Å². The smallest absolute Gasteiger partial charge is 0.101 e. The van der Waals surface area contributed by atoms with Crippen molar-refractivity contribution < 1.29 is 0 Å². The SMILES string of the molecule is CC1CCCN(c2ccc(Cl)cc2C#N)C1. The zero-order chi connectivity index (χ0) is 11.5. The molecule has 1 saturated heterocycles. The summed E-state index contributed by atoms with van der Waals surface area (Å²) in [6, 6.07) is 7.78. The number of anilines is 1. The normalized spacial score (nSPS) is 20.6. The first kappa shape index (κ1) is 11.3. The summed E-state index contributed by atoms with van der Waals surface area (Å²) >= 11 is 5.89. The average Bonchev–Trinajstić information content (AvgIpc) is 2.28. The van der Waals surface area contributed by atoms with Crippen LogP contribution in [0, 0.1) is 17.2 Å². The Balaban J connectivity index is 2.29. The maximum atomic E-state index is 9.10. The van der Waals surface area contributed by atoms with E-state index in [2.05, 4.69) is 17.9 Å². The van der Waals surface area contributed by atoms with Gasteiger partial charge in [-0.3, -0.25) is 0 Å². The van der Waals surface area contributed by atoms with Crippen molar-refractivity contribution >= 4 is 17.3 Å². The Kier molecular flexibility index (Phi) is 3.36. The van der Waals surface area contributed by atoms with Crippen LogP contribution in [0.15, 0.2) is 18.2 Å². The molecular weight excluding hydrogens is 220 g/mol. The first-order valence-electron chi connectivity index (χ1n) is 5.65. The minimum absolute atomic E-state index is 0.630. The van der Waals surface area contributed by atoms with E-state index in [9.17, 15) is 0 Å². The van der Waals surface area contributed by atoms with E-state index in [1.807, 2.05) is 12.1 Å². The van der Waals surface area contributed by atoms with Gasteiger partial charge in [0.2, 0.25) is 0 Å². The van der Waals surface area contributed by atoms with Crippen LogP contribution in [-0.2, 0) is 0 Å². The topological polar surface area (TPSA) is 27.0 Å². The van der Waals surface area contributed by atoms with Crippen LogP contribution < -0.4 is 4.90 Å². The lowest BCUT2D eigenvalue weighted by molar-refractivity contribution is 0.446. The fourth-order valence-electron chi connectivity index (χ4n) is 2.28. The molecule has 0 bridgehead atoms. The molecule has 0 N–H and O–H groups in total. The fourth-order valence-corrected chi connectivity index (χ4v) is 2.45. The van der Waals surface area contributed by atoms with Gasteiger partial charge in [0, 0.05) is 18.1 Å². The predicted octanol–water partition coefficient (Wildman–Crippen LogP) is 3.45. The number of nitrogens with zero attached hydrogens (tertiary/aromatic N) is 2. The van der Waals surface area contributed by atoms with Gasteiger partial charge >= 0.3 is 0 Å². The maximum Gasteiger partial charge on any atom is 0.101 e. The van der Waals surface area contributed by atoms with Crippen LogP contribution in [0.2, 0.25) is 5.02 Å². The molecule has 0 aliphatic carbocycles. The number of hydrogen-bond donors (Lipinski definition) is 0. The summed E-state index contributed by atoms with van der Waals surface area (Å²) in [7, 11) is 0. The van der Waals surface area contributed by atoms with E-state index in [-0.39, 0.29) is 0 Å². The molecule has 0 aromatic heterocycles. The molecule has 84 valence electrons. The van der Waals surface area contributed by atoms with Gasteiger partial charge in [0.1, 0.15) is 6.07 Å². The highest BCUT2D eigenvalue weighted by Crippen LogP contribution is 2.27. The monoisotopic (exact) mass is 234 g/mol. The Morgan fingerprint density at radius 2 is 2.31 bits per heavy atom. The van der Waals surface area contributed by atoms with Gasteiger partial charge in [-0.15, -0.1) is 0 Å². The van der Waals surface area contributed by atoms with Gasteiger partial charge in [-0.25, -0.2) is 0 Å². The summed E-state index contributed by atoms with van der Waals surface area (Å²) in [6.45, 7) is 4.34. The van der Waals surface area contributed by atoms with Gasteiger partial charge in [-0.1, -0.05) is 18.5 Å². The van der Waals surface area contributed by atoms with E-state index >= 15 is 0 Å². The van der Waals surface area contributed by atoms with Crippen molar-refractivity contribution in [3.63, 3.8) is 0 Å². The molecule has 16 heavy (non-hydrogen) atoms. The van der Waals surface area contributed by atoms with Crippen LogP contribution >= 0.6 is 11.6 Å². The molecule has 3 heteroatoms.